The minimum Gasteiger partial charge on any atom is -0.493 e. The molecule has 1 aliphatic rings. The maximum atomic E-state index is 13.3. The van der Waals surface area contributed by atoms with Gasteiger partial charge in [0.15, 0.2) is 17.3 Å². The third-order valence-electron chi connectivity index (χ3n) is 6.39. The van der Waals surface area contributed by atoms with Crippen LogP contribution in [0, 0.1) is 11.7 Å². The standard InChI is InChI=1S/C27H28FNO3/c1-31-24-13-10-22(16-25(24)32-2)27(17-19-6-4-3-5-7-19)15-14-21(18-29-27)26(30)20-8-11-23(28)12-9-20/h3-13,16,21,29H,14-15,17-18H2,1-2H3. The highest BCUT2D eigenvalue weighted by Crippen LogP contribution is 2.40. The molecule has 0 aliphatic carbocycles. The summed E-state index contributed by atoms with van der Waals surface area (Å²) in [6.07, 6.45) is 2.32. The number of rotatable bonds is 7. The van der Waals surface area contributed by atoms with E-state index in [1.807, 2.05) is 30.3 Å². The van der Waals surface area contributed by atoms with Crippen LogP contribution in [0.5, 0.6) is 11.5 Å². The van der Waals surface area contributed by atoms with Crippen molar-refractivity contribution in [3.63, 3.8) is 0 Å². The lowest BCUT2D eigenvalue weighted by Gasteiger charge is -2.42. The van der Waals surface area contributed by atoms with Crippen molar-refractivity contribution in [2.24, 2.45) is 5.92 Å². The zero-order chi connectivity index (χ0) is 22.6. The monoisotopic (exact) mass is 433 g/mol. The predicted octanol–water partition coefficient (Wildman–Crippen LogP) is 5.16. The Hall–Kier alpha value is -3.18. The fourth-order valence-electron chi connectivity index (χ4n) is 4.58. The fraction of sp³-hybridized carbons (Fsp3) is 0.296. The number of nitrogens with one attached hydrogen (secondary N) is 1. The van der Waals surface area contributed by atoms with Gasteiger partial charge < -0.3 is 14.8 Å². The van der Waals surface area contributed by atoms with Gasteiger partial charge in [0, 0.05) is 23.6 Å². The second kappa shape index (κ2) is 9.53. The number of ether oxygens (including phenoxy) is 2. The zero-order valence-corrected chi connectivity index (χ0v) is 18.4. The highest BCUT2D eigenvalue weighted by Gasteiger charge is 2.39. The van der Waals surface area contributed by atoms with Gasteiger partial charge in [0.2, 0.25) is 0 Å². The molecule has 5 heteroatoms. The number of carbonyl (C=O) groups is 1. The van der Waals surface area contributed by atoms with E-state index in [-0.39, 0.29) is 23.1 Å². The number of piperidine rings is 1. The van der Waals surface area contributed by atoms with Crippen LogP contribution in [0.3, 0.4) is 0 Å². The molecule has 2 atom stereocenters. The molecule has 166 valence electrons. The van der Waals surface area contributed by atoms with Crippen LogP contribution in [0.1, 0.15) is 34.3 Å². The van der Waals surface area contributed by atoms with Crippen LogP contribution in [0.25, 0.3) is 0 Å². The second-order valence-corrected chi connectivity index (χ2v) is 8.30. The average molecular weight is 434 g/mol. The molecule has 32 heavy (non-hydrogen) atoms. The van der Waals surface area contributed by atoms with Crippen LogP contribution in [0.2, 0.25) is 0 Å². The molecule has 0 radical (unpaired) electrons. The van der Waals surface area contributed by atoms with Gasteiger partial charge in [0.25, 0.3) is 0 Å². The number of hydrogen-bond acceptors (Lipinski definition) is 4. The molecule has 1 fully saturated rings. The summed E-state index contributed by atoms with van der Waals surface area (Å²) in [7, 11) is 3.26. The van der Waals surface area contributed by atoms with E-state index >= 15 is 0 Å². The van der Waals surface area contributed by atoms with Crippen LogP contribution in [-0.4, -0.2) is 26.5 Å². The van der Waals surface area contributed by atoms with Gasteiger partial charge in [-0.2, -0.15) is 0 Å². The number of methoxy groups -OCH3 is 2. The summed E-state index contributed by atoms with van der Waals surface area (Å²) in [5.41, 5.74) is 2.55. The summed E-state index contributed by atoms with van der Waals surface area (Å²) in [5, 5.41) is 3.71. The summed E-state index contributed by atoms with van der Waals surface area (Å²) in [4.78, 5) is 13.0. The quantitative estimate of drug-likeness (QED) is 0.523. The van der Waals surface area contributed by atoms with Crippen molar-refractivity contribution in [2.45, 2.75) is 24.8 Å². The smallest absolute Gasteiger partial charge is 0.167 e. The van der Waals surface area contributed by atoms with Gasteiger partial charge in [0.1, 0.15) is 5.82 Å². The first-order chi connectivity index (χ1) is 15.5. The Bertz CT molecular complexity index is 1060. The lowest BCUT2D eigenvalue weighted by molar-refractivity contribution is 0.0855. The number of ketones is 1. The summed E-state index contributed by atoms with van der Waals surface area (Å²) >= 11 is 0. The Morgan fingerprint density at radius 2 is 1.72 bits per heavy atom. The van der Waals surface area contributed by atoms with Gasteiger partial charge in [-0.25, -0.2) is 4.39 Å². The summed E-state index contributed by atoms with van der Waals surface area (Å²) < 4.78 is 24.2. The van der Waals surface area contributed by atoms with Gasteiger partial charge in [-0.1, -0.05) is 36.4 Å². The summed E-state index contributed by atoms with van der Waals surface area (Å²) in [6, 6.07) is 22.2. The van der Waals surface area contributed by atoms with E-state index in [0.717, 1.165) is 24.8 Å². The van der Waals surface area contributed by atoms with Gasteiger partial charge in [0.05, 0.1) is 14.2 Å². The van der Waals surface area contributed by atoms with Crippen LogP contribution in [0.15, 0.2) is 72.8 Å². The molecule has 0 aromatic heterocycles. The van der Waals surface area contributed by atoms with Gasteiger partial charge in [-0.3, -0.25) is 4.79 Å². The van der Waals surface area contributed by atoms with E-state index in [0.29, 0.717) is 23.6 Å². The van der Waals surface area contributed by atoms with Crippen LogP contribution < -0.4 is 14.8 Å². The third kappa shape index (κ3) is 4.53. The molecule has 3 aromatic rings. The zero-order valence-electron chi connectivity index (χ0n) is 18.4. The van der Waals surface area contributed by atoms with E-state index in [1.54, 1.807) is 26.4 Å². The first kappa shape index (κ1) is 22.0. The average Bonchev–Trinajstić information content (AvgIpc) is 2.84. The van der Waals surface area contributed by atoms with Crippen molar-refractivity contribution in [1.82, 2.24) is 5.32 Å². The Morgan fingerprint density at radius 1 is 1.00 bits per heavy atom. The molecule has 4 rings (SSSR count). The Labute approximate surface area is 188 Å². The Morgan fingerprint density at radius 3 is 2.34 bits per heavy atom. The van der Waals surface area contributed by atoms with E-state index in [4.69, 9.17) is 9.47 Å². The molecule has 2 unspecified atom stereocenters. The van der Waals surface area contributed by atoms with Crippen molar-refractivity contribution >= 4 is 5.78 Å². The van der Waals surface area contributed by atoms with Crippen molar-refractivity contribution in [1.29, 1.82) is 0 Å². The van der Waals surface area contributed by atoms with E-state index in [9.17, 15) is 9.18 Å². The number of benzene rings is 3. The van der Waals surface area contributed by atoms with E-state index in [2.05, 4.69) is 23.5 Å². The molecule has 1 N–H and O–H groups in total. The lowest BCUT2D eigenvalue weighted by Crippen LogP contribution is -2.51. The van der Waals surface area contributed by atoms with E-state index in [1.165, 1.54) is 17.7 Å². The molecule has 0 bridgehead atoms. The second-order valence-electron chi connectivity index (χ2n) is 8.30. The van der Waals surface area contributed by atoms with Gasteiger partial charge >= 0.3 is 0 Å². The molecule has 0 amide bonds. The molecular weight excluding hydrogens is 405 g/mol. The normalized spacial score (nSPS) is 20.5. The summed E-state index contributed by atoms with van der Waals surface area (Å²) in [5.74, 6) is 0.941. The minimum atomic E-state index is -0.335. The molecule has 1 saturated heterocycles. The van der Waals surface area contributed by atoms with Gasteiger partial charge in [-0.15, -0.1) is 0 Å². The fourth-order valence-corrected chi connectivity index (χ4v) is 4.58. The molecule has 4 nitrogen and oxygen atoms in total. The molecule has 1 heterocycles. The molecule has 1 aliphatic heterocycles. The van der Waals surface area contributed by atoms with Crippen molar-refractivity contribution < 1.29 is 18.7 Å². The largest absolute Gasteiger partial charge is 0.493 e. The molecule has 0 saturated carbocycles. The van der Waals surface area contributed by atoms with Crippen LogP contribution >= 0.6 is 0 Å². The lowest BCUT2D eigenvalue weighted by atomic mass is 9.74. The highest BCUT2D eigenvalue weighted by molar-refractivity contribution is 5.98. The van der Waals surface area contributed by atoms with Crippen LogP contribution in [0.4, 0.5) is 4.39 Å². The first-order valence-corrected chi connectivity index (χ1v) is 10.9. The van der Waals surface area contributed by atoms with Crippen molar-refractivity contribution in [3.05, 3.63) is 95.3 Å². The summed E-state index contributed by atoms with van der Waals surface area (Å²) in [6.45, 7) is 0.553. The van der Waals surface area contributed by atoms with Gasteiger partial charge in [-0.05, 0) is 66.8 Å². The Balaban J connectivity index is 1.62. The van der Waals surface area contributed by atoms with Crippen molar-refractivity contribution in [2.75, 3.05) is 20.8 Å². The number of carbonyl (C=O) groups excluding carboxylic acids is 1. The van der Waals surface area contributed by atoms with Crippen LogP contribution in [-0.2, 0) is 12.0 Å². The SMILES string of the molecule is COc1ccc(C2(Cc3ccccc3)CCC(C(=O)c3ccc(F)cc3)CN2)cc1OC. The molecule has 0 spiro atoms. The maximum Gasteiger partial charge on any atom is 0.167 e. The number of hydrogen-bond donors (Lipinski definition) is 1. The van der Waals surface area contributed by atoms with Crippen molar-refractivity contribution in [3.8, 4) is 11.5 Å². The third-order valence-corrected chi connectivity index (χ3v) is 6.39. The highest BCUT2D eigenvalue weighted by atomic mass is 19.1. The molecule has 3 aromatic carbocycles. The molecular formula is C27H28FNO3. The number of halogens is 1. The topological polar surface area (TPSA) is 47.6 Å². The maximum absolute atomic E-state index is 13.3. The Kier molecular flexibility index (Phi) is 6.56. The first-order valence-electron chi connectivity index (χ1n) is 10.9. The number of Topliss-reactive ketones (excluding diaryl/α,β-unsaturated/α-hetero) is 1. The van der Waals surface area contributed by atoms with E-state index < -0.39 is 0 Å². The predicted molar refractivity (Wildman–Crippen MR) is 123 cm³/mol. The minimum absolute atomic E-state index is 0.0538.